The van der Waals surface area contributed by atoms with Gasteiger partial charge in [0.25, 0.3) is 0 Å². The minimum Gasteiger partial charge on any atom is -0.377 e. The first kappa shape index (κ1) is 26.6. The van der Waals surface area contributed by atoms with E-state index in [1.165, 1.54) is 22.6 Å². The van der Waals surface area contributed by atoms with Crippen LogP contribution in [0.1, 0.15) is 68.0 Å². The lowest BCUT2D eigenvalue weighted by Gasteiger charge is -2.43. The Morgan fingerprint density at radius 1 is 1.17 bits per heavy atom. The van der Waals surface area contributed by atoms with Crippen molar-refractivity contribution in [2.24, 2.45) is 17.6 Å². The van der Waals surface area contributed by atoms with Gasteiger partial charge in [-0.15, -0.1) is 11.3 Å². The molecule has 4 rings (SSSR count). The van der Waals surface area contributed by atoms with Gasteiger partial charge in [-0.3, -0.25) is 14.5 Å². The summed E-state index contributed by atoms with van der Waals surface area (Å²) in [4.78, 5) is 32.8. The highest BCUT2D eigenvalue weighted by atomic mass is 32.1. The van der Waals surface area contributed by atoms with E-state index in [9.17, 15) is 9.59 Å². The monoisotopic (exact) mass is 504 g/mol. The van der Waals surface area contributed by atoms with E-state index in [1.807, 2.05) is 11.3 Å². The summed E-state index contributed by atoms with van der Waals surface area (Å²) in [6.45, 7) is 8.39. The molecule has 8 heteroatoms. The molecule has 3 N–H and O–H groups in total. The van der Waals surface area contributed by atoms with Gasteiger partial charge >= 0.3 is 0 Å². The van der Waals surface area contributed by atoms with E-state index < -0.39 is 6.04 Å². The Labute approximate surface area is 214 Å². The number of nitrogens with two attached hydrogens (primary N) is 1. The lowest BCUT2D eigenvalue weighted by atomic mass is 9.81. The maximum absolute atomic E-state index is 13.4. The topological polar surface area (TPSA) is 87.9 Å². The van der Waals surface area contributed by atoms with Crippen LogP contribution < -0.4 is 11.1 Å². The van der Waals surface area contributed by atoms with Crippen LogP contribution in [0.4, 0.5) is 0 Å². The SMILES string of the molecule is CC(=O)N1CCC(N(Cc2ccc(C)s2)CC2CCCO2)C[C@@H]1C(=O)NCC1CCCC(CN)C1. The van der Waals surface area contributed by atoms with Gasteiger partial charge in [0.2, 0.25) is 11.8 Å². The fourth-order valence-electron chi connectivity index (χ4n) is 6.23. The molecule has 1 saturated carbocycles. The van der Waals surface area contributed by atoms with Crippen molar-refractivity contribution in [2.75, 3.05) is 32.8 Å². The molecule has 1 aliphatic carbocycles. The van der Waals surface area contributed by atoms with Gasteiger partial charge in [0, 0.05) is 55.5 Å². The zero-order chi connectivity index (χ0) is 24.8. The van der Waals surface area contributed by atoms with Crippen LogP contribution in [0.25, 0.3) is 0 Å². The number of hydrogen-bond donors (Lipinski definition) is 2. The predicted octanol–water partition coefficient (Wildman–Crippen LogP) is 3.30. The number of nitrogens with one attached hydrogen (secondary N) is 1. The third-order valence-corrected chi connectivity index (χ3v) is 9.19. The number of carbonyl (C=O) groups is 2. The first-order chi connectivity index (χ1) is 16.9. The van der Waals surface area contributed by atoms with Crippen molar-refractivity contribution in [3.63, 3.8) is 0 Å². The normalized spacial score (nSPS) is 29.5. The minimum absolute atomic E-state index is 0.00352. The van der Waals surface area contributed by atoms with Gasteiger partial charge in [-0.05, 0) is 82.4 Å². The van der Waals surface area contributed by atoms with E-state index >= 15 is 0 Å². The molecule has 3 heterocycles. The largest absolute Gasteiger partial charge is 0.377 e. The number of rotatable bonds is 9. The number of amides is 2. The second-order valence-electron chi connectivity index (χ2n) is 10.9. The van der Waals surface area contributed by atoms with Crippen molar-refractivity contribution in [1.29, 1.82) is 0 Å². The zero-order valence-corrected chi connectivity index (χ0v) is 22.4. The quantitative estimate of drug-likeness (QED) is 0.539. The van der Waals surface area contributed by atoms with Gasteiger partial charge in [0.15, 0.2) is 0 Å². The number of nitrogens with zero attached hydrogens (tertiary/aromatic N) is 2. The maximum atomic E-state index is 13.4. The van der Waals surface area contributed by atoms with Crippen LogP contribution in [0.15, 0.2) is 12.1 Å². The van der Waals surface area contributed by atoms with Gasteiger partial charge in [-0.1, -0.05) is 6.42 Å². The summed E-state index contributed by atoms with van der Waals surface area (Å²) < 4.78 is 5.98. The van der Waals surface area contributed by atoms with Gasteiger partial charge in [0.1, 0.15) is 6.04 Å². The molecule has 4 unspecified atom stereocenters. The van der Waals surface area contributed by atoms with Crippen LogP contribution in [0.2, 0.25) is 0 Å². The molecule has 1 aromatic heterocycles. The molecule has 35 heavy (non-hydrogen) atoms. The highest BCUT2D eigenvalue weighted by Gasteiger charge is 2.38. The van der Waals surface area contributed by atoms with E-state index in [4.69, 9.17) is 10.5 Å². The summed E-state index contributed by atoms with van der Waals surface area (Å²) in [6, 6.07) is 4.25. The van der Waals surface area contributed by atoms with E-state index in [0.29, 0.717) is 31.3 Å². The molecule has 2 amide bonds. The molecule has 196 valence electrons. The first-order valence-corrected chi connectivity index (χ1v) is 14.4. The van der Waals surface area contributed by atoms with E-state index in [0.717, 1.165) is 58.3 Å². The lowest BCUT2D eigenvalue weighted by molar-refractivity contribution is -0.142. The highest BCUT2D eigenvalue weighted by Crippen LogP contribution is 2.29. The smallest absolute Gasteiger partial charge is 0.242 e. The molecule has 5 atom stereocenters. The van der Waals surface area contributed by atoms with Crippen LogP contribution in [-0.2, 0) is 20.9 Å². The zero-order valence-electron chi connectivity index (χ0n) is 21.5. The molecule has 0 bridgehead atoms. The fourth-order valence-corrected chi connectivity index (χ4v) is 7.15. The molecule has 0 radical (unpaired) electrons. The Balaban J connectivity index is 1.42. The Morgan fingerprint density at radius 2 is 2.00 bits per heavy atom. The molecular formula is C27H44N4O3S. The van der Waals surface area contributed by atoms with Crippen molar-refractivity contribution < 1.29 is 14.3 Å². The van der Waals surface area contributed by atoms with E-state index in [2.05, 4.69) is 29.3 Å². The Kier molecular flexibility index (Phi) is 9.61. The predicted molar refractivity (Wildman–Crippen MR) is 140 cm³/mol. The number of ether oxygens (including phenoxy) is 1. The van der Waals surface area contributed by atoms with Crippen LogP contribution in [0.3, 0.4) is 0 Å². The average Bonchev–Trinajstić information content (AvgIpc) is 3.53. The molecule has 1 aromatic rings. The second-order valence-corrected chi connectivity index (χ2v) is 12.2. The van der Waals surface area contributed by atoms with Crippen molar-refractivity contribution >= 4 is 23.2 Å². The summed E-state index contributed by atoms with van der Waals surface area (Å²) in [7, 11) is 0. The number of carbonyl (C=O) groups excluding carboxylic acids is 2. The standard InChI is InChI=1S/C27H44N4O3S/c1-19-8-9-25(35-19)18-30(17-24-7-4-12-34-24)23-10-11-31(20(2)32)26(14-23)27(33)29-16-22-6-3-5-21(13-22)15-28/h8-9,21-24,26H,3-7,10-18,28H2,1-2H3,(H,29,33)/t21?,22?,23?,24?,26-/m1/s1. The van der Waals surface area contributed by atoms with Crippen LogP contribution in [-0.4, -0.2) is 72.6 Å². The summed E-state index contributed by atoms with van der Waals surface area (Å²) in [5.74, 6) is 1.06. The molecule has 3 aliphatic rings. The number of hydrogen-bond acceptors (Lipinski definition) is 6. The number of likely N-dealkylation sites (tertiary alicyclic amines) is 1. The Morgan fingerprint density at radius 3 is 2.69 bits per heavy atom. The summed E-state index contributed by atoms with van der Waals surface area (Å²) in [5.41, 5.74) is 5.90. The molecular weight excluding hydrogens is 460 g/mol. The lowest BCUT2D eigenvalue weighted by Crippen LogP contribution is -2.57. The second kappa shape index (κ2) is 12.7. The Hall–Kier alpha value is -1.48. The maximum Gasteiger partial charge on any atom is 0.242 e. The van der Waals surface area contributed by atoms with E-state index in [-0.39, 0.29) is 24.0 Å². The summed E-state index contributed by atoms with van der Waals surface area (Å²) in [5, 5.41) is 3.22. The summed E-state index contributed by atoms with van der Waals surface area (Å²) >= 11 is 1.84. The molecule has 2 saturated heterocycles. The molecule has 0 spiro atoms. The molecule has 0 aromatic carbocycles. The van der Waals surface area contributed by atoms with Gasteiger partial charge in [-0.25, -0.2) is 0 Å². The molecule has 2 aliphatic heterocycles. The van der Waals surface area contributed by atoms with Crippen LogP contribution in [0.5, 0.6) is 0 Å². The van der Waals surface area contributed by atoms with Gasteiger partial charge in [-0.2, -0.15) is 0 Å². The van der Waals surface area contributed by atoms with Crippen LogP contribution >= 0.6 is 11.3 Å². The number of thiophene rings is 1. The number of aryl methyl sites for hydroxylation is 1. The third-order valence-electron chi connectivity index (χ3n) is 8.21. The van der Waals surface area contributed by atoms with Gasteiger partial charge < -0.3 is 20.7 Å². The fraction of sp³-hybridized carbons (Fsp3) is 0.778. The van der Waals surface area contributed by atoms with Crippen molar-refractivity contribution in [2.45, 2.75) is 89.9 Å². The van der Waals surface area contributed by atoms with Crippen molar-refractivity contribution in [3.05, 3.63) is 21.9 Å². The first-order valence-electron chi connectivity index (χ1n) is 13.6. The number of piperidine rings is 1. The minimum atomic E-state index is -0.405. The van der Waals surface area contributed by atoms with E-state index in [1.54, 1.807) is 11.8 Å². The van der Waals surface area contributed by atoms with Crippen molar-refractivity contribution in [1.82, 2.24) is 15.1 Å². The third kappa shape index (κ3) is 7.28. The van der Waals surface area contributed by atoms with Gasteiger partial charge in [0.05, 0.1) is 6.10 Å². The van der Waals surface area contributed by atoms with Crippen molar-refractivity contribution in [3.8, 4) is 0 Å². The van der Waals surface area contributed by atoms with Crippen LogP contribution in [0, 0.1) is 18.8 Å². The summed E-state index contributed by atoms with van der Waals surface area (Å²) in [6.07, 6.45) is 8.68. The Bertz CT molecular complexity index is 840. The highest BCUT2D eigenvalue weighted by molar-refractivity contribution is 7.11. The molecule has 7 nitrogen and oxygen atoms in total. The average molecular weight is 505 g/mol. The molecule has 3 fully saturated rings.